The Kier molecular flexibility index (Phi) is 10.4. The average molecular weight is 323 g/mol. The Morgan fingerprint density at radius 1 is 1.40 bits per heavy atom. The van der Waals surface area contributed by atoms with E-state index in [2.05, 4.69) is 9.47 Å². The van der Waals surface area contributed by atoms with Crippen LogP contribution in [0.2, 0.25) is 0 Å². The number of carbonyl (C=O) groups is 2. The van der Waals surface area contributed by atoms with Crippen LogP contribution in [0, 0.1) is 5.41 Å². The van der Waals surface area contributed by atoms with Crippen molar-refractivity contribution in [3.63, 3.8) is 0 Å². The van der Waals surface area contributed by atoms with Gasteiger partial charge >= 0.3 is 12.1 Å². The van der Waals surface area contributed by atoms with Crippen LogP contribution < -0.4 is 5.14 Å². The summed E-state index contributed by atoms with van der Waals surface area (Å²) in [6, 6.07) is 0. The number of cyclic esters (lactones) is 2. The van der Waals surface area contributed by atoms with Gasteiger partial charge in [-0.15, -0.1) is 0 Å². The standard InChI is InChI=1S/C8H13NO5S2.C4H8/c1-8(4-13-7(11)14-5-8)6(10)12-2-3-15-16-9;1-3-4-2/h2-5,9H2,1H3;3-4H,1-2H3/b;4-3-. The Hall–Kier alpha value is -0.860. The molecule has 8 heteroatoms. The van der Waals surface area contributed by atoms with Gasteiger partial charge in [0.05, 0.1) is 0 Å². The van der Waals surface area contributed by atoms with E-state index in [1.807, 2.05) is 26.0 Å². The lowest BCUT2D eigenvalue weighted by Crippen LogP contribution is -2.44. The van der Waals surface area contributed by atoms with Gasteiger partial charge in [0.15, 0.2) is 0 Å². The van der Waals surface area contributed by atoms with Gasteiger partial charge in [0, 0.05) is 5.75 Å². The molecule has 20 heavy (non-hydrogen) atoms. The van der Waals surface area contributed by atoms with Gasteiger partial charge in [-0.05, 0) is 31.8 Å². The normalized spacial score (nSPS) is 16.7. The van der Waals surface area contributed by atoms with E-state index >= 15 is 0 Å². The number of allylic oxidation sites excluding steroid dienone is 2. The van der Waals surface area contributed by atoms with Gasteiger partial charge in [-0.2, -0.15) is 0 Å². The molecule has 0 amide bonds. The summed E-state index contributed by atoms with van der Waals surface area (Å²) >= 11 is 0. The molecule has 1 aliphatic rings. The molecular weight excluding hydrogens is 302 g/mol. The fraction of sp³-hybridized carbons (Fsp3) is 0.667. The van der Waals surface area contributed by atoms with E-state index in [1.54, 1.807) is 6.92 Å². The van der Waals surface area contributed by atoms with Gasteiger partial charge in [0.1, 0.15) is 25.2 Å². The summed E-state index contributed by atoms with van der Waals surface area (Å²) in [4.78, 5) is 22.3. The fourth-order valence-corrected chi connectivity index (χ4v) is 1.77. The largest absolute Gasteiger partial charge is 0.508 e. The maximum Gasteiger partial charge on any atom is 0.508 e. The number of ether oxygens (including phenoxy) is 3. The predicted molar refractivity (Wildman–Crippen MR) is 81.1 cm³/mol. The summed E-state index contributed by atoms with van der Waals surface area (Å²) < 4.78 is 14.3. The van der Waals surface area contributed by atoms with Crippen LogP contribution in [0.25, 0.3) is 0 Å². The third kappa shape index (κ3) is 7.66. The van der Waals surface area contributed by atoms with Crippen molar-refractivity contribution in [3.05, 3.63) is 12.2 Å². The molecule has 0 saturated carbocycles. The van der Waals surface area contributed by atoms with Crippen molar-refractivity contribution in [3.8, 4) is 0 Å². The molecule has 6 nitrogen and oxygen atoms in total. The van der Waals surface area contributed by atoms with Crippen molar-refractivity contribution >= 4 is 33.9 Å². The number of carbonyl (C=O) groups excluding carboxylic acids is 2. The first kappa shape index (κ1) is 19.1. The van der Waals surface area contributed by atoms with Crippen LogP contribution in [0.1, 0.15) is 20.8 Å². The van der Waals surface area contributed by atoms with E-state index in [9.17, 15) is 9.59 Å². The number of rotatable bonds is 5. The fourth-order valence-electron chi connectivity index (χ4n) is 1.03. The van der Waals surface area contributed by atoms with Gasteiger partial charge in [-0.25, -0.2) is 4.79 Å². The molecule has 1 fully saturated rings. The second-order valence-corrected chi connectivity index (χ2v) is 6.23. The van der Waals surface area contributed by atoms with Crippen molar-refractivity contribution in [2.45, 2.75) is 20.8 Å². The maximum atomic E-state index is 11.6. The Morgan fingerprint density at radius 3 is 2.40 bits per heavy atom. The molecular formula is C12H21NO5S2. The molecule has 0 unspecified atom stereocenters. The number of hydrogen-bond acceptors (Lipinski definition) is 8. The van der Waals surface area contributed by atoms with Crippen molar-refractivity contribution in [1.29, 1.82) is 0 Å². The zero-order valence-corrected chi connectivity index (χ0v) is 13.6. The second-order valence-electron chi connectivity index (χ2n) is 4.11. The molecule has 0 aromatic rings. The number of nitrogens with two attached hydrogens (primary N) is 1. The predicted octanol–water partition coefficient (Wildman–Crippen LogP) is 2.54. The van der Waals surface area contributed by atoms with Crippen LogP contribution in [0.3, 0.4) is 0 Å². The van der Waals surface area contributed by atoms with Crippen molar-refractivity contribution in [1.82, 2.24) is 0 Å². The van der Waals surface area contributed by atoms with Gasteiger partial charge in [-0.1, -0.05) is 22.9 Å². The van der Waals surface area contributed by atoms with Crippen molar-refractivity contribution in [2.24, 2.45) is 10.6 Å². The molecule has 0 spiro atoms. The molecule has 0 aromatic carbocycles. The SMILES string of the molecule is C/C=C\C.CC1(C(=O)OCCSSN)COC(=O)OC1. The zero-order chi connectivity index (χ0) is 15.4. The van der Waals surface area contributed by atoms with Crippen LogP contribution in [0.5, 0.6) is 0 Å². The smallest absolute Gasteiger partial charge is 0.464 e. The lowest BCUT2D eigenvalue weighted by molar-refractivity contribution is -0.165. The maximum absolute atomic E-state index is 11.6. The molecule has 0 aliphatic carbocycles. The summed E-state index contributed by atoms with van der Waals surface area (Å²) in [5, 5.41) is 5.19. The monoisotopic (exact) mass is 323 g/mol. The second kappa shape index (κ2) is 10.9. The molecule has 1 rings (SSSR count). The Morgan fingerprint density at radius 2 is 1.95 bits per heavy atom. The Bertz CT molecular complexity index is 322. The molecule has 2 N–H and O–H groups in total. The highest BCUT2D eigenvalue weighted by Crippen LogP contribution is 2.24. The first-order valence-corrected chi connectivity index (χ1v) is 8.40. The van der Waals surface area contributed by atoms with Crippen LogP contribution in [0.4, 0.5) is 4.79 Å². The minimum Gasteiger partial charge on any atom is -0.464 e. The van der Waals surface area contributed by atoms with Gasteiger partial charge in [0.2, 0.25) is 0 Å². The average Bonchev–Trinajstić information content (AvgIpc) is 2.47. The number of hydrogen-bond donors (Lipinski definition) is 1. The van der Waals surface area contributed by atoms with E-state index < -0.39 is 17.5 Å². The molecule has 0 radical (unpaired) electrons. The lowest BCUT2D eigenvalue weighted by atomic mass is 9.93. The Balaban J connectivity index is 0.000000796. The van der Waals surface area contributed by atoms with Crippen molar-refractivity contribution < 1.29 is 23.8 Å². The molecule has 0 atom stereocenters. The lowest BCUT2D eigenvalue weighted by Gasteiger charge is -2.29. The third-order valence-corrected chi connectivity index (χ3v) is 3.69. The van der Waals surface area contributed by atoms with Gasteiger partial charge in [-0.3, -0.25) is 9.93 Å². The van der Waals surface area contributed by atoms with Crippen LogP contribution >= 0.6 is 21.8 Å². The molecule has 1 saturated heterocycles. The van der Waals surface area contributed by atoms with E-state index in [1.165, 1.54) is 10.8 Å². The van der Waals surface area contributed by atoms with Crippen molar-refractivity contribution in [2.75, 3.05) is 25.6 Å². The summed E-state index contributed by atoms with van der Waals surface area (Å²) in [6.45, 7) is 5.89. The summed E-state index contributed by atoms with van der Waals surface area (Å²) in [7, 11) is 2.52. The van der Waals surface area contributed by atoms with Crippen LogP contribution in [-0.4, -0.2) is 37.7 Å². The first-order chi connectivity index (χ1) is 9.50. The topological polar surface area (TPSA) is 87.9 Å². The third-order valence-electron chi connectivity index (χ3n) is 2.31. The highest BCUT2D eigenvalue weighted by atomic mass is 33.1. The molecule has 116 valence electrons. The van der Waals surface area contributed by atoms with E-state index in [0.717, 1.165) is 11.0 Å². The zero-order valence-electron chi connectivity index (χ0n) is 11.9. The van der Waals surface area contributed by atoms with Crippen LogP contribution in [0.15, 0.2) is 12.2 Å². The Labute approximate surface area is 127 Å². The molecule has 1 aliphatic heterocycles. The van der Waals surface area contributed by atoms with Gasteiger partial charge < -0.3 is 14.2 Å². The summed E-state index contributed by atoms with van der Waals surface area (Å²) in [5.41, 5.74) is -0.908. The molecule has 1 heterocycles. The summed E-state index contributed by atoms with van der Waals surface area (Å²) in [5.74, 6) is 0.187. The highest BCUT2D eigenvalue weighted by molar-refractivity contribution is 8.75. The number of esters is 1. The van der Waals surface area contributed by atoms with E-state index in [4.69, 9.17) is 9.88 Å². The highest BCUT2D eigenvalue weighted by Gasteiger charge is 2.41. The minimum absolute atomic E-state index is 0.0105. The van der Waals surface area contributed by atoms with E-state index in [0.29, 0.717) is 5.75 Å². The first-order valence-electron chi connectivity index (χ1n) is 6.02. The van der Waals surface area contributed by atoms with Gasteiger partial charge in [0.25, 0.3) is 0 Å². The van der Waals surface area contributed by atoms with Crippen LogP contribution in [-0.2, 0) is 19.0 Å². The van der Waals surface area contributed by atoms with E-state index in [-0.39, 0.29) is 19.8 Å². The quantitative estimate of drug-likeness (QED) is 0.271. The molecule has 0 aromatic heterocycles. The minimum atomic E-state index is -0.908. The molecule has 0 bridgehead atoms. The summed E-state index contributed by atoms with van der Waals surface area (Å²) in [6.07, 6.45) is 3.25.